The summed E-state index contributed by atoms with van der Waals surface area (Å²) in [6.45, 7) is 4.05. The Morgan fingerprint density at radius 1 is 1.31 bits per heavy atom. The molecule has 0 aromatic carbocycles. The van der Waals surface area contributed by atoms with Gasteiger partial charge in [-0.25, -0.2) is 0 Å². The summed E-state index contributed by atoms with van der Waals surface area (Å²) in [5.41, 5.74) is 0. The molecule has 1 heterocycles. The van der Waals surface area contributed by atoms with E-state index >= 15 is 0 Å². The van der Waals surface area contributed by atoms with Crippen molar-refractivity contribution >= 4 is 11.6 Å². The van der Waals surface area contributed by atoms with Crippen LogP contribution in [0.1, 0.15) is 20.3 Å². The van der Waals surface area contributed by atoms with Crippen molar-refractivity contribution in [3.63, 3.8) is 0 Å². The quantitative estimate of drug-likeness (QED) is 0.580. The van der Waals surface area contributed by atoms with Crippen molar-refractivity contribution in [3.8, 4) is 24.4 Å². The Morgan fingerprint density at radius 2 is 2.00 bits per heavy atom. The SMILES string of the molecule is C#CCCOc1nc(Cl)nc(OC(C)C)n1. The van der Waals surface area contributed by atoms with E-state index in [1.807, 2.05) is 13.8 Å². The molecule has 1 rings (SSSR count). The van der Waals surface area contributed by atoms with Crippen molar-refractivity contribution < 1.29 is 9.47 Å². The highest BCUT2D eigenvalue weighted by molar-refractivity contribution is 6.28. The van der Waals surface area contributed by atoms with Crippen LogP contribution < -0.4 is 9.47 Å². The summed E-state index contributed by atoms with van der Waals surface area (Å²) in [5.74, 6) is 2.44. The van der Waals surface area contributed by atoms with E-state index in [0.717, 1.165) is 0 Å². The maximum absolute atomic E-state index is 5.68. The zero-order valence-electron chi connectivity index (χ0n) is 9.11. The molecular formula is C10H12ClN3O2. The maximum atomic E-state index is 5.68. The van der Waals surface area contributed by atoms with Gasteiger partial charge in [0.1, 0.15) is 6.61 Å². The molecule has 86 valence electrons. The normalized spacial score (nSPS) is 9.94. The van der Waals surface area contributed by atoms with Gasteiger partial charge in [-0.3, -0.25) is 0 Å². The monoisotopic (exact) mass is 241 g/mol. The number of halogens is 1. The fourth-order valence-corrected chi connectivity index (χ4v) is 0.989. The average Bonchev–Trinajstić information content (AvgIpc) is 2.16. The van der Waals surface area contributed by atoms with Crippen molar-refractivity contribution in [2.24, 2.45) is 0 Å². The lowest BCUT2D eigenvalue weighted by Crippen LogP contribution is -2.10. The van der Waals surface area contributed by atoms with Crippen LogP contribution in [0.15, 0.2) is 0 Å². The van der Waals surface area contributed by atoms with E-state index < -0.39 is 0 Å². The van der Waals surface area contributed by atoms with Gasteiger partial charge in [0.15, 0.2) is 0 Å². The van der Waals surface area contributed by atoms with Crippen LogP contribution in [0.4, 0.5) is 0 Å². The highest BCUT2D eigenvalue weighted by Gasteiger charge is 2.08. The van der Waals surface area contributed by atoms with Crippen molar-refractivity contribution in [2.45, 2.75) is 26.4 Å². The standard InChI is InChI=1S/C10H12ClN3O2/c1-4-5-6-15-9-12-8(11)13-10(14-9)16-7(2)3/h1,7H,5-6H2,2-3H3. The van der Waals surface area contributed by atoms with Gasteiger partial charge in [0.05, 0.1) is 6.10 Å². The van der Waals surface area contributed by atoms with E-state index in [0.29, 0.717) is 13.0 Å². The number of hydrogen-bond donors (Lipinski definition) is 0. The van der Waals surface area contributed by atoms with Crippen LogP contribution in [0.25, 0.3) is 0 Å². The molecule has 0 amide bonds. The molecule has 6 heteroatoms. The first-order chi connectivity index (χ1) is 7.61. The Bertz CT molecular complexity index is 390. The molecule has 0 spiro atoms. The molecule has 1 aromatic rings. The largest absolute Gasteiger partial charge is 0.462 e. The molecule has 0 N–H and O–H groups in total. The molecule has 0 atom stereocenters. The van der Waals surface area contributed by atoms with E-state index in [9.17, 15) is 0 Å². The van der Waals surface area contributed by atoms with Crippen LogP contribution >= 0.6 is 11.6 Å². The van der Waals surface area contributed by atoms with Crippen LogP contribution in [-0.2, 0) is 0 Å². The second kappa shape index (κ2) is 6.13. The highest BCUT2D eigenvalue weighted by Crippen LogP contribution is 2.14. The zero-order valence-corrected chi connectivity index (χ0v) is 9.86. The van der Waals surface area contributed by atoms with Crippen molar-refractivity contribution in [1.82, 2.24) is 15.0 Å². The molecule has 0 aliphatic rings. The number of nitrogens with zero attached hydrogens (tertiary/aromatic N) is 3. The van der Waals surface area contributed by atoms with Gasteiger partial charge >= 0.3 is 12.0 Å². The molecule has 1 aromatic heterocycles. The molecule has 5 nitrogen and oxygen atoms in total. The van der Waals surface area contributed by atoms with E-state index in [-0.39, 0.29) is 23.4 Å². The van der Waals surface area contributed by atoms with Gasteiger partial charge in [0.2, 0.25) is 5.28 Å². The van der Waals surface area contributed by atoms with Crippen LogP contribution in [-0.4, -0.2) is 27.7 Å². The van der Waals surface area contributed by atoms with Gasteiger partial charge in [-0.1, -0.05) is 0 Å². The third-order valence-electron chi connectivity index (χ3n) is 1.39. The molecule has 0 fully saturated rings. The summed E-state index contributed by atoms with van der Waals surface area (Å²) >= 11 is 5.68. The molecule has 16 heavy (non-hydrogen) atoms. The van der Waals surface area contributed by atoms with Gasteiger partial charge < -0.3 is 9.47 Å². The maximum Gasteiger partial charge on any atom is 0.324 e. The first-order valence-corrected chi connectivity index (χ1v) is 5.14. The van der Waals surface area contributed by atoms with E-state index in [1.165, 1.54) is 0 Å². The minimum absolute atomic E-state index is 0.0290. The lowest BCUT2D eigenvalue weighted by molar-refractivity contribution is 0.213. The average molecular weight is 242 g/mol. The zero-order chi connectivity index (χ0) is 12.0. The van der Waals surface area contributed by atoms with Gasteiger partial charge in [-0.05, 0) is 25.4 Å². The number of aromatic nitrogens is 3. The fraction of sp³-hybridized carbons (Fsp3) is 0.500. The molecule has 0 bridgehead atoms. The Labute approximate surface area is 99.2 Å². The number of ether oxygens (including phenoxy) is 2. The number of terminal acetylenes is 1. The van der Waals surface area contributed by atoms with Gasteiger partial charge in [-0.2, -0.15) is 9.97 Å². The molecule has 0 saturated heterocycles. The smallest absolute Gasteiger partial charge is 0.324 e. The van der Waals surface area contributed by atoms with Crippen molar-refractivity contribution in [2.75, 3.05) is 6.61 Å². The third kappa shape index (κ3) is 4.32. The van der Waals surface area contributed by atoms with Crippen LogP contribution in [0.3, 0.4) is 0 Å². The summed E-state index contributed by atoms with van der Waals surface area (Å²) in [5, 5.41) is 0.0290. The predicted octanol–water partition coefficient (Wildman–Crippen LogP) is 1.71. The summed E-state index contributed by atoms with van der Waals surface area (Å²) in [6.07, 6.45) is 5.52. The van der Waals surface area contributed by atoms with Gasteiger partial charge in [0.25, 0.3) is 0 Å². The second-order valence-corrected chi connectivity index (χ2v) is 3.48. The Hall–Kier alpha value is -1.54. The van der Waals surface area contributed by atoms with E-state index in [2.05, 4.69) is 20.9 Å². The van der Waals surface area contributed by atoms with Crippen molar-refractivity contribution in [1.29, 1.82) is 0 Å². The van der Waals surface area contributed by atoms with Crippen LogP contribution in [0.5, 0.6) is 12.0 Å². The first kappa shape index (κ1) is 12.5. The third-order valence-corrected chi connectivity index (χ3v) is 1.55. The minimum atomic E-state index is -0.0444. The van der Waals surface area contributed by atoms with Crippen molar-refractivity contribution in [3.05, 3.63) is 5.28 Å². The summed E-state index contributed by atoms with van der Waals surface area (Å²) in [6, 6.07) is 0.261. The van der Waals surface area contributed by atoms with Gasteiger partial charge in [0, 0.05) is 6.42 Å². The Kier molecular flexibility index (Phi) is 4.80. The Balaban J connectivity index is 2.70. The Morgan fingerprint density at radius 3 is 2.62 bits per heavy atom. The second-order valence-electron chi connectivity index (χ2n) is 3.14. The highest BCUT2D eigenvalue weighted by atomic mass is 35.5. The van der Waals surface area contributed by atoms with E-state index in [1.54, 1.807) is 0 Å². The lowest BCUT2D eigenvalue weighted by Gasteiger charge is -2.08. The van der Waals surface area contributed by atoms with Crippen LogP contribution in [0, 0.1) is 12.3 Å². The summed E-state index contributed by atoms with van der Waals surface area (Å²) in [4.78, 5) is 11.5. The fourth-order valence-electron chi connectivity index (χ4n) is 0.844. The molecule has 0 aliphatic carbocycles. The van der Waals surface area contributed by atoms with Gasteiger partial charge in [-0.15, -0.1) is 17.3 Å². The first-order valence-electron chi connectivity index (χ1n) is 4.76. The topological polar surface area (TPSA) is 57.1 Å². The summed E-state index contributed by atoms with van der Waals surface area (Å²) < 4.78 is 10.5. The molecule has 0 unspecified atom stereocenters. The molecule has 0 aliphatic heterocycles. The number of hydrogen-bond acceptors (Lipinski definition) is 5. The predicted molar refractivity (Wildman–Crippen MR) is 59.5 cm³/mol. The summed E-state index contributed by atoms with van der Waals surface area (Å²) in [7, 11) is 0. The number of rotatable bonds is 5. The van der Waals surface area contributed by atoms with Crippen LogP contribution in [0.2, 0.25) is 5.28 Å². The molecule has 0 saturated carbocycles. The minimum Gasteiger partial charge on any atom is -0.462 e. The lowest BCUT2D eigenvalue weighted by atomic mass is 10.5. The molecular weight excluding hydrogens is 230 g/mol. The molecule has 0 radical (unpaired) electrons. The van der Waals surface area contributed by atoms with E-state index in [4.69, 9.17) is 27.5 Å².